The molecule has 113 heavy (non-hydrogen) atoms. The summed E-state index contributed by atoms with van der Waals surface area (Å²) >= 11 is 0. The molecular weight excluding hydrogens is 1450 g/mol. The number of rotatable bonds is 25. The summed E-state index contributed by atoms with van der Waals surface area (Å²) < 4.78 is 0. The second kappa shape index (κ2) is 47.5. The van der Waals surface area contributed by atoms with E-state index in [1.165, 1.54) is 9.80 Å². The molecule has 5 rings (SSSR count). The van der Waals surface area contributed by atoms with Gasteiger partial charge in [-0.2, -0.15) is 0 Å². The molecule has 0 bridgehead atoms. The van der Waals surface area contributed by atoms with Crippen LogP contribution in [-0.4, -0.2) is 216 Å². The van der Waals surface area contributed by atoms with Crippen molar-refractivity contribution >= 4 is 82.7 Å². The van der Waals surface area contributed by atoms with Gasteiger partial charge in [0.2, 0.25) is 82.7 Å². The van der Waals surface area contributed by atoms with Crippen LogP contribution in [0.25, 0.3) is 0 Å². The molecule has 630 valence electrons. The third-order valence-electron chi connectivity index (χ3n) is 20.6. The summed E-state index contributed by atoms with van der Waals surface area (Å²) in [4.78, 5) is 210. The standard InChI is InChI=1S/C81H132N18O14/c1-46(2)41-58-72(104)86-56(31-21-37-84)71(103)96-66(50(9)10)79(111)94-62(45-53-27-17-14-18-28-53)81(113)98-39-23-33-63(98)75(107)92-60(43-48(5)6)73(105)87-57(32-22-38-85)70(102)95-65(49(7)8)77(109)88-54(29-19-35-82)69(101)91-59(42-47(3)4)74(106)93-61(44-52-25-15-13-16-26-52)80(112)99-40-24-34-64(99)76(108)97-67(51(11)12)78(110)89-55(30-20-36-83)68(100)90-58/h13-18,25-28,46-51,54-67H,19-24,29-45,82-85H2,1-12H3,(H,86,104)(H,87,105)(H,88,109)(H,89,110)(H,90,100)(H,91,101)(H,92,107)(H,93,106)(H,94,111)(H,95,102)(H,96,103)(H,97,108)/t54-,55-,56+,57-,58-,59-,60-,61+,62+,63-,64-,65-,66-,67-/m0/s1. The molecule has 0 spiro atoms. The van der Waals surface area contributed by atoms with Crippen molar-refractivity contribution in [2.75, 3.05) is 39.3 Å². The largest absolute Gasteiger partial charge is 0.343 e. The summed E-state index contributed by atoms with van der Waals surface area (Å²) in [6.45, 7) is 21.7. The van der Waals surface area contributed by atoms with Gasteiger partial charge in [-0.05, 0) is 169 Å². The zero-order chi connectivity index (χ0) is 83.8. The Labute approximate surface area is 666 Å². The molecule has 32 nitrogen and oxygen atoms in total. The number of nitrogens with two attached hydrogens (primary N) is 4. The Bertz CT molecular complexity index is 3470. The van der Waals surface area contributed by atoms with Crippen LogP contribution >= 0.6 is 0 Å². The molecule has 32 heteroatoms. The lowest BCUT2D eigenvalue weighted by atomic mass is 9.98. The van der Waals surface area contributed by atoms with E-state index in [2.05, 4.69) is 63.8 Å². The van der Waals surface area contributed by atoms with E-state index in [9.17, 15) is 57.5 Å². The minimum Gasteiger partial charge on any atom is -0.343 e. The van der Waals surface area contributed by atoms with E-state index in [4.69, 9.17) is 22.9 Å². The number of nitrogens with zero attached hydrogens (tertiary/aromatic N) is 2. The molecular formula is C81H132N18O14. The average Bonchev–Trinajstić information content (AvgIpc) is 1.73. The van der Waals surface area contributed by atoms with Crippen LogP contribution in [0.15, 0.2) is 60.7 Å². The first-order valence-electron chi connectivity index (χ1n) is 40.8. The second-order valence-corrected chi connectivity index (χ2v) is 32.6. The van der Waals surface area contributed by atoms with E-state index in [-0.39, 0.29) is 153 Å². The normalized spacial score (nSPS) is 26.4. The lowest BCUT2D eigenvalue weighted by Crippen LogP contribution is -2.62. The van der Waals surface area contributed by atoms with Gasteiger partial charge in [0, 0.05) is 25.9 Å². The molecule has 0 aromatic heterocycles. The van der Waals surface area contributed by atoms with Crippen LogP contribution in [0.3, 0.4) is 0 Å². The van der Waals surface area contributed by atoms with E-state index in [0.717, 1.165) is 0 Å². The van der Waals surface area contributed by atoms with Gasteiger partial charge < -0.3 is 96.5 Å². The van der Waals surface area contributed by atoms with Gasteiger partial charge in [-0.25, -0.2) is 0 Å². The number of carbonyl (C=O) groups is 14. The molecule has 14 amide bonds. The van der Waals surface area contributed by atoms with Crippen molar-refractivity contribution in [1.29, 1.82) is 0 Å². The smallest absolute Gasteiger partial charge is 0.246 e. The number of benzene rings is 2. The zero-order valence-corrected chi connectivity index (χ0v) is 68.5. The lowest BCUT2D eigenvalue weighted by Gasteiger charge is -2.32. The number of amides is 14. The Hall–Kier alpha value is -9.14. The highest BCUT2D eigenvalue weighted by molar-refractivity contribution is 6.01. The summed E-state index contributed by atoms with van der Waals surface area (Å²) in [5, 5.41) is 33.9. The lowest BCUT2D eigenvalue weighted by molar-refractivity contribution is -0.143. The highest BCUT2D eigenvalue weighted by Crippen LogP contribution is 2.25. The van der Waals surface area contributed by atoms with E-state index in [1.54, 1.807) is 102 Å². The first-order chi connectivity index (χ1) is 53.6. The molecule has 20 N–H and O–H groups in total. The molecule has 0 unspecified atom stereocenters. The summed E-state index contributed by atoms with van der Waals surface area (Å²) in [7, 11) is 0. The van der Waals surface area contributed by atoms with Crippen LogP contribution in [-0.2, 0) is 80.0 Å². The van der Waals surface area contributed by atoms with Crippen LogP contribution in [0.1, 0.15) is 191 Å². The average molecular weight is 1580 g/mol. The number of carbonyl (C=O) groups excluding carboxylic acids is 14. The second-order valence-electron chi connectivity index (χ2n) is 32.6. The molecule has 3 aliphatic heterocycles. The molecule has 14 atom stereocenters. The Morgan fingerprint density at radius 2 is 0.531 bits per heavy atom. The highest BCUT2D eigenvalue weighted by Gasteiger charge is 2.44. The molecule has 3 heterocycles. The molecule has 2 aromatic carbocycles. The van der Waals surface area contributed by atoms with Gasteiger partial charge in [0.15, 0.2) is 0 Å². The summed E-state index contributed by atoms with van der Waals surface area (Å²) in [6.07, 6.45) is 2.07. The van der Waals surface area contributed by atoms with Gasteiger partial charge in [-0.3, -0.25) is 67.1 Å². The van der Waals surface area contributed by atoms with Crippen molar-refractivity contribution in [3.05, 3.63) is 71.8 Å². The summed E-state index contributed by atoms with van der Waals surface area (Å²) in [5.74, 6) is -12.8. The van der Waals surface area contributed by atoms with Gasteiger partial charge in [-0.1, -0.05) is 144 Å². The minimum atomic E-state index is -1.32. The van der Waals surface area contributed by atoms with Gasteiger partial charge in [0.25, 0.3) is 0 Å². The quantitative estimate of drug-likeness (QED) is 0.0638. The molecule has 0 radical (unpaired) electrons. The molecule has 2 aromatic rings. The predicted molar refractivity (Wildman–Crippen MR) is 429 cm³/mol. The fourth-order valence-electron chi connectivity index (χ4n) is 14.4. The van der Waals surface area contributed by atoms with Crippen LogP contribution in [0.2, 0.25) is 0 Å². The van der Waals surface area contributed by atoms with Gasteiger partial charge in [-0.15, -0.1) is 0 Å². The van der Waals surface area contributed by atoms with E-state index in [1.807, 2.05) is 41.5 Å². The summed E-state index contributed by atoms with van der Waals surface area (Å²) in [5.41, 5.74) is 25.3. The third-order valence-corrected chi connectivity index (χ3v) is 20.6. The van der Waals surface area contributed by atoms with Crippen molar-refractivity contribution < 1.29 is 67.1 Å². The van der Waals surface area contributed by atoms with Gasteiger partial charge in [0.05, 0.1) is 0 Å². The summed E-state index contributed by atoms with van der Waals surface area (Å²) in [6, 6.07) is -0.262. The molecule has 3 fully saturated rings. The van der Waals surface area contributed by atoms with Crippen LogP contribution in [0, 0.1) is 35.5 Å². The molecule has 0 aliphatic carbocycles. The van der Waals surface area contributed by atoms with E-state index >= 15 is 9.59 Å². The maximum atomic E-state index is 15.2. The molecule has 0 saturated carbocycles. The van der Waals surface area contributed by atoms with Crippen molar-refractivity contribution in [3.63, 3.8) is 0 Å². The first-order valence-corrected chi connectivity index (χ1v) is 40.8. The molecule has 3 aliphatic rings. The Morgan fingerprint density at radius 1 is 0.301 bits per heavy atom. The highest BCUT2D eigenvalue weighted by atomic mass is 16.2. The maximum Gasteiger partial charge on any atom is 0.246 e. The Balaban J connectivity index is 1.61. The predicted octanol–water partition coefficient (Wildman–Crippen LogP) is 0.347. The number of hydrogen-bond donors (Lipinski definition) is 16. The number of fused-ring (bicyclic) bond motifs is 2. The zero-order valence-electron chi connectivity index (χ0n) is 68.5. The van der Waals surface area contributed by atoms with Gasteiger partial charge >= 0.3 is 0 Å². The minimum absolute atomic E-state index is 0.00293. The fourth-order valence-corrected chi connectivity index (χ4v) is 14.4. The van der Waals surface area contributed by atoms with Crippen molar-refractivity contribution in [2.24, 2.45) is 58.4 Å². The van der Waals surface area contributed by atoms with Crippen molar-refractivity contribution in [1.82, 2.24) is 73.6 Å². The fraction of sp³-hybridized carbons (Fsp3) is 0.679. The number of hydrogen-bond acceptors (Lipinski definition) is 18. The van der Waals surface area contributed by atoms with Crippen molar-refractivity contribution in [2.45, 2.75) is 277 Å². The van der Waals surface area contributed by atoms with Gasteiger partial charge in [0.1, 0.15) is 84.6 Å². The van der Waals surface area contributed by atoms with Crippen LogP contribution in [0.4, 0.5) is 0 Å². The Morgan fingerprint density at radius 3 is 0.814 bits per heavy atom. The Kier molecular flexibility index (Phi) is 39.7. The number of nitrogens with one attached hydrogen (secondary N) is 12. The maximum absolute atomic E-state index is 15.2. The monoisotopic (exact) mass is 1580 g/mol. The molecule has 3 saturated heterocycles. The third kappa shape index (κ3) is 30.0. The van der Waals surface area contributed by atoms with Crippen molar-refractivity contribution in [3.8, 4) is 0 Å². The topological polar surface area (TPSA) is 494 Å². The van der Waals surface area contributed by atoms with E-state index in [0.29, 0.717) is 24.0 Å². The van der Waals surface area contributed by atoms with E-state index < -0.39 is 185 Å². The van der Waals surface area contributed by atoms with Crippen LogP contribution < -0.4 is 86.7 Å². The SMILES string of the molecule is CC(C)C[C@@H]1NC(=O)[C@H](CCCN)NC(=O)[C@H](C(C)C)NC(=O)[C@@H]2CCCN2C(=O)[C@@H](Cc2ccccc2)NC(=O)[C@H](CC(C)C)NC(=O)[C@H](CCCN)NC(=O)[C@H](C(C)C)NC(=O)[C@H](CCCN)NC(=O)[C@H](CC(C)C)NC(=O)[C@@H]2CCCN2C(=O)[C@@H](Cc2ccccc2)NC(=O)[C@H](C(C)C)NC(=O)[C@@H](CCCN)NC1=O. The first kappa shape index (κ1) is 94.5. The van der Waals surface area contributed by atoms with Crippen LogP contribution in [0.5, 0.6) is 0 Å².